The van der Waals surface area contributed by atoms with Gasteiger partial charge in [0, 0.05) is 31.4 Å². The van der Waals surface area contributed by atoms with Crippen LogP contribution in [-0.4, -0.2) is 58.1 Å². The molecule has 1 aliphatic rings. The number of benzene rings is 1. The van der Waals surface area contributed by atoms with Gasteiger partial charge in [-0.1, -0.05) is 50.5 Å². The van der Waals surface area contributed by atoms with Crippen LogP contribution in [0.5, 0.6) is 11.6 Å². The number of hydrogen-bond acceptors (Lipinski definition) is 8. The zero-order chi connectivity index (χ0) is 25.3. The molecule has 35 heavy (non-hydrogen) atoms. The number of rotatable bonds is 12. The highest BCUT2D eigenvalue weighted by Crippen LogP contribution is 2.32. The van der Waals surface area contributed by atoms with Gasteiger partial charge in [-0.2, -0.15) is 4.37 Å². The van der Waals surface area contributed by atoms with Crippen LogP contribution in [0.1, 0.15) is 64.1 Å². The average molecular weight is 503 g/mol. The molecule has 0 amide bonds. The minimum absolute atomic E-state index is 0.0303. The molecule has 0 fully saturated rings. The Balaban J connectivity index is 1.60. The summed E-state index contributed by atoms with van der Waals surface area (Å²) < 4.78 is 26.4. The SMILES string of the molecule is CCCCCCOc1nsnc1C1=CCC[N+](C)(C(C)OC(=O)Cc2ccccc2OC(C)=O)C1. The maximum atomic E-state index is 12.8. The van der Waals surface area contributed by atoms with Gasteiger partial charge in [-0.3, -0.25) is 14.1 Å². The van der Waals surface area contributed by atoms with E-state index in [2.05, 4.69) is 28.8 Å². The number of carbonyl (C=O) groups excluding carboxylic acids is 2. The molecule has 0 spiro atoms. The molecule has 0 radical (unpaired) electrons. The van der Waals surface area contributed by atoms with Crippen molar-refractivity contribution in [2.75, 3.05) is 26.7 Å². The zero-order valence-electron chi connectivity index (χ0n) is 21.1. The molecule has 1 aliphatic heterocycles. The number of para-hydroxylation sites is 1. The Labute approximate surface area is 211 Å². The standard InChI is InChI=1S/C26H36N3O5S/c1-5-6-7-10-16-32-26-25(27-35-28-26)22-13-11-15-29(4,18-22)19(2)33-24(31)17-21-12-8-9-14-23(21)34-20(3)30/h8-9,12-14,19H,5-7,10-11,15-18H2,1-4H3/q+1. The molecule has 3 rings (SSSR count). The van der Waals surface area contributed by atoms with E-state index in [1.165, 1.54) is 19.8 Å². The predicted octanol–water partition coefficient (Wildman–Crippen LogP) is 4.79. The molecule has 190 valence electrons. The first-order valence-corrected chi connectivity index (χ1v) is 13.0. The highest BCUT2D eigenvalue weighted by atomic mass is 32.1. The van der Waals surface area contributed by atoms with Crippen molar-refractivity contribution in [3.63, 3.8) is 0 Å². The zero-order valence-corrected chi connectivity index (χ0v) is 21.9. The largest absolute Gasteiger partial charge is 0.475 e. The van der Waals surface area contributed by atoms with Gasteiger partial charge in [0.25, 0.3) is 5.88 Å². The molecule has 2 heterocycles. The van der Waals surface area contributed by atoms with Crippen molar-refractivity contribution < 1.29 is 28.3 Å². The topological polar surface area (TPSA) is 87.6 Å². The van der Waals surface area contributed by atoms with Crippen molar-refractivity contribution in [3.05, 3.63) is 41.6 Å². The molecule has 0 saturated carbocycles. The second kappa shape index (κ2) is 12.8. The highest BCUT2D eigenvalue weighted by molar-refractivity contribution is 6.99. The number of ether oxygens (including phenoxy) is 3. The monoisotopic (exact) mass is 502 g/mol. The summed E-state index contributed by atoms with van der Waals surface area (Å²) in [6, 6.07) is 7.01. The van der Waals surface area contributed by atoms with Crippen LogP contribution in [0.2, 0.25) is 0 Å². The molecule has 1 aromatic heterocycles. The van der Waals surface area contributed by atoms with Crippen molar-refractivity contribution in [2.24, 2.45) is 0 Å². The molecule has 0 saturated heterocycles. The molecule has 9 heteroatoms. The van der Waals surface area contributed by atoms with E-state index >= 15 is 0 Å². The fourth-order valence-corrected chi connectivity index (χ4v) is 4.67. The van der Waals surface area contributed by atoms with Crippen LogP contribution < -0.4 is 9.47 Å². The summed E-state index contributed by atoms with van der Waals surface area (Å²) in [4.78, 5) is 24.1. The molecule has 1 aromatic carbocycles. The minimum Gasteiger partial charge on any atom is -0.475 e. The summed E-state index contributed by atoms with van der Waals surface area (Å²) in [6.45, 7) is 7.59. The number of likely N-dealkylation sites (N-methyl/N-ethyl adjacent to an activating group) is 1. The summed E-state index contributed by atoms with van der Waals surface area (Å²) in [5, 5.41) is 0. The average Bonchev–Trinajstić information content (AvgIpc) is 3.28. The van der Waals surface area contributed by atoms with Crippen molar-refractivity contribution in [1.29, 1.82) is 0 Å². The van der Waals surface area contributed by atoms with Crippen LogP contribution in [0.3, 0.4) is 0 Å². The number of aromatic nitrogens is 2. The van der Waals surface area contributed by atoms with E-state index in [0.717, 1.165) is 48.8 Å². The maximum Gasteiger partial charge on any atom is 0.314 e. The Bertz CT molecular complexity index is 1040. The molecule has 2 unspecified atom stereocenters. The van der Waals surface area contributed by atoms with Gasteiger partial charge < -0.3 is 14.2 Å². The van der Waals surface area contributed by atoms with Gasteiger partial charge in [0.15, 0.2) is 0 Å². The van der Waals surface area contributed by atoms with E-state index in [4.69, 9.17) is 14.2 Å². The summed E-state index contributed by atoms with van der Waals surface area (Å²) in [6.07, 6.45) is 7.24. The molecule has 0 N–H and O–H groups in total. The van der Waals surface area contributed by atoms with Gasteiger partial charge >= 0.3 is 11.9 Å². The Morgan fingerprint density at radius 1 is 1.17 bits per heavy atom. The molecule has 2 aromatic rings. The summed E-state index contributed by atoms with van der Waals surface area (Å²) in [7, 11) is 2.09. The highest BCUT2D eigenvalue weighted by Gasteiger charge is 2.36. The van der Waals surface area contributed by atoms with Crippen molar-refractivity contribution in [1.82, 2.24) is 8.75 Å². The first kappa shape index (κ1) is 26.8. The Morgan fingerprint density at radius 3 is 2.74 bits per heavy atom. The Morgan fingerprint density at radius 2 is 1.97 bits per heavy atom. The van der Waals surface area contributed by atoms with E-state index in [1.807, 2.05) is 6.92 Å². The lowest BCUT2D eigenvalue weighted by atomic mass is 10.0. The Hall–Kier alpha value is -2.78. The Kier molecular flexibility index (Phi) is 9.80. The summed E-state index contributed by atoms with van der Waals surface area (Å²) in [5.41, 5.74) is 2.48. The van der Waals surface area contributed by atoms with Gasteiger partial charge in [-0.25, -0.2) is 0 Å². The second-order valence-corrected chi connectivity index (χ2v) is 9.70. The number of hydrogen-bond donors (Lipinski definition) is 0. The van der Waals surface area contributed by atoms with E-state index < -0.39 is 5.97 Å². The van der Waals surface area contributed by atoms with Crippen LogP contribution in [0.15, 0.2) is 30.3 Å². The molecule has 0 aliphatic carbocycles. The van der Waals surface area contributed by atoms with Crippen LogP contribution in [-0.2, 0) is 20.7 Å². The second-order valence-electron chi connectivity index (χ2n) is 9.17. The van der Waals surface area contributed by atoms with E-state index in [9.17, 15) is 9.59 Å². The van der Waals surface area contributed by atoms with Gasteiger partial charge in [0.05, 0.1) is 38.3 Å². The van der Waals surface area contributed by atoms with E-state index in [1.54, 1.807) is 24.3 Å². The number of esters is 2. The molecular formula is C26H36N3O5S+. The van der Waals surface area contributed by atoms with Crippen molar-refractivity contribution >= 4 is 29.2 Å². The quantitative estimate of drug-likeness (QED) is 0.178. The third-order valence-electron chi connectivity index (χ3n) is 6.30. The first-order valence-electron chi connectivity index (χ1n) is 12.3. The number of unbranched alkanes of at least 4 members (excludes halogenated alkanes) is 3. The number of carbonyl (C=O) groups is 2. The predicted molar refractivity (Wildman–Crippen MR) is 135 cm³/mol. The molecule has 8 nitrogen and oxygen atoms in total. The molecule has 0 bridgehead atoms. The van der Waals surface area contributed by atoms with Crippen molar-refractivity contribution in [3.8, 4) is 11.6 Å². The summed E-state index contributed by atoms with van der Waals surface area (Å²) >= 11 is 1.16. The molecular weight excluding hydrogens is 466 g/mol. The van der Waals surface area contributed by atoms with Crippen LogP contribution >= 0.6 is 11.7 Å². The van der Waals surface area contributed by atoms with E-state index in [0.29, 0.717) is 34.8 Å². The molecule has 2 atom stereocenters. The lowest BCUT2D eigenvalue weighted by molar-refractivity contribution is -0.944. The smallest absolute Gasteiger partial charge is 0.314 e. The minimum atomic E-state index is -0.425. The van der Waals surface area contributed by atoms with Gasteiger partial charge in [0.1, 0.15) is 18.0 Å². The van der Waals surface area contributed by atoms with Gasteiger partial charge in [-0.05, 0) is 12.5 Å². The van der Waals surface area contributed by atoms with Gasteiger partial charge in [0.2, 0.25) is 6.23 Å². The number of nitrogens with zero attached hydrogens (tertiary/aromatic N) is 3. The lowest BCUT2D eigenvalue weighted by Gasteiger charge is -2.41. The maximum absolute atomic E-state index is 12.8. The summed E-state index contributed by atoms with van der Waals surface area (Å²) in [5.74, 6) is 0.189. The van der Waals surface area contributed by atoms with Gasteiger partial charge in [-0.15, -0.1) is 4.37 Å². The van der Waals surface area contributed by atoms with Crippen LogP contribution in [0.4, 0.5) is 0 Å². The lowest BCUT2D eigenvalue weighted by Crippen LogP contribution is -2.55. The normalized spacial score (nSPS) is 18.5. The van der Waals surface area contributed by atoms with E-state index in [-0.39, 0.29) is 18.6 Å². The third kappa shape index (κ3) is 7.60. The van der Waals surface area contributed by atoms with Crippen LogP contribution in [0, 0.1) is 0 Å². The van der Waals surface area contributed by atoms with Crippen LogP contribution in [0.25, 0.3) is 5.57 Å². The number of quaternary nitrogens is 1. The first-order chi connectivity index (χ1) is 16.8. The van der Waals surface area contributed by atoms with Crippen molar-refractivity contribution in [2.45, 2.75) is 65.5 Å². The fourth-order valence-electron chi connectivity index (χ4n) is 4.14. The fraction of sp³-hybridized carbons (Fsp3) is 0.538. The third-order valence-corrected chi connectivity index (χ3v) is 6.81.